The molecule has 2 amide bonds. The summed E-state index contributed by atoms with van der Waals surface area (Å²) >= 11 is 0. The zero-order chi connectivity index (χ0) is 16.1. The predicted octanol–water partition coefficient (Wildman–Crippen LogP) is 2.76. The van der Waals surface area contributed by atoms with Crippen LogP contribution in [-0.2, 0) is 0 Å². The second-order valence-corrected chi connectivity index (χ2v) is 6.03. The van der Waals surface area contributed by atoms with Crippen LogP contribution in [0, 0.1) is 0 Å². The molecule has 1 N–H and O–H groups in total. The molecular formula is C17H25N3O3. The highest BCUT2D eigenvalue weighted by atomic mass is 16.7. The number of carbonyl (C=O) groups is 1. The van der Waals surface area contributed by atoms with Gasteiger partial charge in [-0.3, -0.25) is 4.90 Å². The fraction of sp³-hybridized carbons (Fsp3) is 0.588. The number of rotatable bonds is 5. The number of amides is 2. The Kier molecular flexibility index (Phi) is 5.23. The number of hydrogen-bond acceptors (Lipinski definition) is 4. The molecule has 0 bridgehead atoms. The van der Waals surface area contributed by atoms with Crippen molar-refractivity contribution in [2.24, 2.45) is 0 Å². The van der Waals surface area contributed by atoms with Crippen LogP contribution < -0.4 is 14.8 Å². The number of fused-ring (bicyclic) bond motifs is 1. The second kappa shape index (κ2) is 7.55. The topological polar surface area (TPSA) is 54.0 Å². The first kappa shape index (κ1) is 15.9. The molecule has 1 aromatic rings. The average Bonchev–Trinajstić information content (AvgIpc) is 3.03. The maximum atomic E-state index is 12.4. The molecule has 6 nitrogen and oxygen atoms in total. The lowest BCUT2D eigenvalue weighted by molar-refractivity contribution is 0.146. The summed E-state index contributed by atoms with van der Waals surface area (Å²) in [6.45, 7) is 7.08. The standard InChI is InChI=1S/C17H25N3O3/c1-2-3-4-7-19-8-10-20(11-9-19)17(21)18-14-5-6-15-16(12-14)23-13-22-15/h5-6,12H,2-4,7-11,13H2,1H3,(H,18,21). The molecule has 1 aromatic carbocycles. The fourth-order valence-corrected chi connectivity index (χ4v) is 2.94. The number of ether oxygens (including phenoxy) is 2. The van der Waals surface area contributed by atoms with Gasteiger partial charge in [0.1, 0.15) is 0 Å². The quantitative estimate of drug-likeness (QED) is 0.848. The van der Waals surface area contributed by atoms with Crippen molar-refractivity contribution in [1.82, 2.24) is 9.80 Å². The van der Waals surface area contributed by atoms with Crippen molar-refractivity contribution in [1.29, 1.82) is 0 Å². The van der Waals surface area contributed by atoms with E-state index in [4.69, 9.17) is 9.47 Å². The van der Waals surface area contributed by atoms with Crippen LogP contribution in [-0.4, -0.2) is 55.3 Å². The molecule has 23 heavy (non-hydrogen) atoms. The zero-order valence-electron chi connectivity index (χ0n) is 13.7. The SMILES string of the molecule is CCCCCN1CCN(C(=O)Nc2ccc3c(c2)OCO3)CC1. The maximum Gasteiger partial charge on any atom is 0.321 e. The molecule has 0 unspecified atom stereocenters. The molecule has 0 radical (unpaired) electrons. The molecule has 1 fully saturated rings. The summed E-state index contributed by atoms with van der Waals surface area (Å²) in [4.78, 5) is 16.7. The van der Waals surface area contributed by atoms with Crippen molar-refractivity contribution in [3.63, 3.8) is 0 Å². The summed E-state index contributed by atoms with van der Waals surface area (Å²) in [6, 6.07) is 5.43. The van der Waals surface area contributed by atoms with Crippen LogP contribution in [0.5, 0.6) is 11.5 Å². The maximum absolute atomic E-state index is 12.4. The summed E-state index contributed by atoms with van der Waals surface area (Å²) in [5.74, 6) is 1.41. The molecule has 0 aliphatic carbocycles. The lowest BCUT2D eigenvalue weighted by atomic mass is 10.2. The first-order valence-corrected chi connectivity index (χ1v) is 8.44. The number of nitrogens with zero attached hydrogens (tertiary/aromatic N) is 2. The molecule has 0 spiro atoms. The van der Waals surface area contributed by atoms with Gasteiger partial charge in [0.15, 0.2) is 11.5 Å². The highest BCUT2D eigenvalue weighted by Crippen LogP contribution is 2.34. The van der Waals surface area contributed by atoms with Crippen molar-refractivity contribution in [2.45, 2.75) is 26.2 Å². The van der Waals surface area contributed by atoms with Crippen molar-refractivity contribution < 1.29 is 14.3 Å². The van der Waals surface area contributed by atoms with Crippen LogP contribution in [0.1, 0.15) is 26.2 Å². The number of nitrogens with one attached hydrogen (secondary N) is 1. The first-order valence-electron chi connectivity index (χ1n) is 8.44. The van der Waals surface area contributed by atoms with E-state index in [1.165, 1.54) is 19.3 Å². The molecule has 1 saturated heterocycles. The minimum absolute atomic E-state index is 0.0444. The molecule has 126 valence electrons. The molecule has 2 aliphatic rings. The summed E-state index contributed by atoms with van der Waals surface area (Å²) < 4.78 is 10.6. The number of benzene rings is 1. The van der Waals surface area contributed by atoms with Gasteiger partial charge in [0.05, 0.1) is 0 Å². The largest absolute Gasteiger partial charge is 0.454 e. The molecule has 3 rings (SSSR count). The predicted molar refractivity (Wildman–Crippen MR) is 89.1 cm³/mol. The van der Waals surface area contributed by atoms with E-state index >= 15 is 0 Å². The molecule has 0 aromatic heterocycles. The summed E-state index contributed by atoms with van der Waals surface area (Å²) in [5, 5.41) is 2.94. The van der Waals surface area contributed by atoms with Crippen LogP contribution >= 0.6 is 0 Å². The highest BCUT2D eigenvalue weighted by molar-refractivity contribution is 5.89. The molecule has 0 atom stereocenters. The van der Waals surface area contributed by atoms with Crippen LogP contribution in [0.4, 0.5) is 10.5 Å². The number of hydrogen-bond donors (Lipinski definition) is 1. The van der Waals surface area contributed by atoms with Crippen LogP contribution in [0.25, 0.3) is 0 Å². The number of anilines is 1. The number of unbranched alkanes of at least 4 members (excludes halogenated alkanes) is 2. The Labute approximate surface area is 137 Å². The van der Waals surface area contributed by atoms with Crippen LogP contribution in [0.3, 0.4) is 0 Å². The van der Waals surface area contributed by atoms with Crippen LogP contribution in [0.2, 0.25) is 0 Å². The smallest absolute Gasteiger partial charge is 0.321 e. The minimum Gasteiger partial charge on any atom is -0.454 e. The number of carbonyl (C=O) groups excluding carboxylic acids is 1. The van der Waals surface area contributed by atoms with Gasteiger partial charge in [-0.2, -0.15) is 0 Å². The van der Waals surface area contributed by atoms with Gasteiger partial charge in [-0.25, -0.2) is 4.79 Å². The molecule has 0 saturated carbocycles. The normalized spacial score (nSPS) is 17.3. The zero-order valence-corrected chi connectivity index (χ0v) is 13.7. The van der Waals surface area contributed by atoms with E-state index in [9.17, 15) is 4.79 Å². The van der Waals surface area contributed by atoms with Gasteiger partial charge in [-0.15, -0.1) is 0 Å². The summed E-state index contributed by atoms with van der Waals surface area (Å²) in [6.07, 6.45) is 3.78. The van der Waals surface area contributed by atoms with Gasteiger partial charge in [0, 0.05) is 37.9 Å². The average molecular weight is 319 g/mol. The van der Waals surface area contributed by atoms with Gasteiger partial charge in [-0.05, 0) is 25.1 Å². The highest BCUT2D eigenvalue weighted by Gasteiger charge is 2.21. The van der Waals surface area contributed by atoms with E-state index < -0.39 is 0 Å². The Hall–Kier alpha value is -1.95. The van der Waals surface area contributed by atoms with Gasteiger partial charge in [0.25, 0.3) is 0 Å². The molecule has 2 aliphatic heterocycles. The lowest BCUT2D eigenvalue weighted by Gasteiger charge is -2.34. The van der Waals surface area contributed by atoms with Gasteiger partial charge in [-0.1, -0.05) is 19.8 Å². The van der Waals surface area contributed by atoms with Crippen molar-refractivity contribution in [3.05, 3.63) is 18.2 Å². The van der Waals surface area contributed by atoms with E-state index in [-0.39, 0.29) is 12.8 Å². The first-order chi connectivity index (χ1) is 11.3. The third kappa shape index (κ3) is 4.07. The van der Waals surface area contributed by atoms with Gasteiger partial charge >= 0.3 is 6.03 Å². The number of urea groups is 1. The molecule has 6 heteroatoms. The summed E-state index contributed by atoms with van der Waals surface area (Å²) in [7, 11) is 0. The van der Waals surface area contributed by atoms with E-state index in [2.05, 4.69) is 17.1 Å². The van der Waals surface area contributed by atoms with E-state index in [1.54, 1.807) is 6.07 Å². The summed E-state index contributed by atoms with van der Waals surface area (Å²) in [5.41, 5.74) is 0.740. The van der Waals surface area contributed by atoms with E-state index in [1.807, 2.05) is 17.0 Å². The Balaban J connectivity index is 1.46. The van der Waals surface area contributed by atoms with E-state index in [0.717, 1.165) is 44.2 Å². The Morgan fingerprint density at radius 1 is 1.13 bits per heavy atom. The second-order valence-electron chi connectivity index (χ2n) is 6.03. The molecular weight excluding hydrogens is 294 g/mol. The number of piperazine rings is 1. The third-order valence-corrected chi connectivity index (χ3v) is 4.36. The lowest BCUT2D eigenvalue weighted by Crippen LogP contribution is -2.50. The Morgan fingerprint density at radius 2 is 1.91 bits per heavy atom. The Bertz CT molecular complexity index is 542. The monoisotopic (exact) mass is 319 g/mol. The van der Waals surface area contributed by atoms with Gasteiger partial charge in [0.2, 0.25) is 6.79 Å². The van der Waals surface area contributed by atoms with Crippen molar-refractivity contribution in [2.75, 3.05) is 44.8 Å². The van der Waals surface area contributed by atoms with Gasteiger partial charge < -0.3 is 19.7 Å². The molecule has 2 heterocycles. The van der Waals surface area contributed by atoms with E-state index in [0.29, 0.717) is 5.75 Å². The van der Waals surface area contributed by atoms with Crippen molar-refractivity contribution >= 4 is 11.7 Å². The Morgan fingerprint density at radius 3 is 2.70 bits per heavy atom. The van der Waals surface area contributed by atoms with Crippen LogP contribution in [0.15, 0.2) is 18.2 Å². The fourth-order valence-electron chi connectivity index (χ4n) is 2.94. The van der Waals surface area contributed by atoms with Crippen molar-refractivity contribution in [3.8, 4) is 11.5 Å². The minimum atomic E-state index is -0.0444. The third-order valence-electron chi connectivity index (χ3n) is 4.36.